The summed E-state index contributed by atoms with van der Waals surface area (Å²) in [5.74, 6) is -0.883. The molecule has 0 radical (unpaired) electrons. The molecule has 0 bridgehead atoms. The predicted octanol–water partition coefficient (Wildman–Crippen LogP) is 3.72. The van der Waals surface area contributed by atoms with Gasteiger partial charge in [0.1, 0.15) is 0 Å². The zero-order chi connectivity index (χ0) is 20.9. The third-order valence-electron chi connectivity index (χ3n) is 6.19. The van der Waals surface area contributed by atoms with Crippen molar-refractivity contribution in [2.75, 3.05) is 45.3 Å². The second-order valence-corrected chi connectivity index (χ2v) is 8.09. The van der Waals surface area contributed by atoms with Crippen LogP contribution in [0.3, 0.4) is 0 Å². The predicted molar refractivity (Wildman–Crippen MR) is 117 cm³/mol. The van der Waals surface area contributed by atoms with Crippen LogP contribution in [0.1, 0.15) is 34.8 Å². The van der Waals surface area contributed by atoms with E-state index in [0.717, 1.165) is 51.1 Å². The van der Waals surface area contributed by atoms with Crippen LogP contribution >= 0.6 is 0 Å². The minimum absolute atomic E-state index is 0.0226. The van der Waals surface area contributed by atoms with Crippen molar-refractivity contribution >= 4 is 11.7 Å². The molecule has 3 rings (SSSR count). The molecule has 5 nitrogen and oxygen atoms in total. The minimum Gasteiger partial charge on any atom is -0.478 e. The molecule has 0 saturated carbocycles. The Morgan fingerprint density at radius 1 is 1.00 bits per heavy atom. The summed E-state index contributed by atoms with van der Waals surface area (Å²) in [6.45, 7) is 5.71. The average Bonchev–Trinajstić information content (AvgIpc) is 2.74. The molecule has 1 atom stereocenters. The van der Waals surface area contributed by atoms with Gasteiger partial charge in [0.25, 0.3) is 0 Å². The van der Waals surface area contributed by atoms with E-state index in [0.29, 0.717) is 5.56 Å². The van der Waals surface area contributed by atoms with Gasteiger partial charge >= 0.3 is 5.97 Å². The van der Waals surface area contributed by atoms with Crippen molar-refractivity contribution in [1.29, 1.82) is 0 Å². The molecule has 0 aromatic heterocycles. The summed E-state index contributed by atoms with van der Waals surface area (Å²) in [5, 5.41) is 9.14. The Balaban J connectivity index is 1.76. The topological polar surface area (TPSA) is 53.0 Å². The molecule has 5 heteroatoms. The van der Waals surface area contributed by atoms with Crippen LogP contribution < -0.4 is 4.90 Å². The van der Waals surface area contributed by atoms with Gasteiger partial charge in [-0.25, -0.2) is 4.79 Å². The molecule has 1 unspecified atom stereocenters. The summed E-state index contributed by atoms with van der Waals surface area (Å²) in [6, 6.07) is 16.2. The fourth-order valence-corrected chi connectivity index (χ4v) is 4.12. The molecule has 0 amide bonds. The fraction of sp³-hybridized carbons (Fsp3) is 0.458. The van der Waals surface area contributed by atoms with Crippen molar-refractivity contribution < 1.29 is 14.6 Å². The quantitative estimate of drug-likeness (QED) is 0.737. The van der Waals surface area contributed by atoms with E-state index in [2.05, 4.69) is 55.1 Å². The van der Waals surface area contributed by atoms with Gasteiger partial charge in [-0.1, -0.05) is 31.2 Å². The SMILES string of the molecule is CCC(Cc1ccc(C(=O)O)cc1)(Cc1ccc(N2CCOCC2)cc1)N(C)C. The molecule has 1 aliphatic heterocycles. The Labute approximate surface area is 173 Å². The van der Waals surface area contributed by atoms with Crippen LogP contribution in [0.2, 0.25) is 0 Å². The number of carboxylic acid groups (broad SMARTS) is 1. The van der Waals surface area contributed by atoms with E-state index < -0.39 is 5.97 Å². The molecule has 1 aliphatic rings. The highest BCUT2D eigenvalue weighted by molar-refractivity contribution is 5.87. The van der Waals surface area contributed by atoms with Crippen molar-refractivity contribution in [3.8, 4) is 0 Å². The van der Waals surface area contributed by atoms with Crippen molar-refractivity contribution in [3.05, 3.63) is 65.2 Å². The lowest BCUT2D eigenvalue weighted by Crippen LogP contribution is -2.47. The number of rotatable bonds is 8. The molecule has 29 heavy (non-hydrogen) atoms. The standard InChI is InChI=1S/C24H32N2O3/c1-4-24(25(2)3,17-19-5-9-21(10-6-19)23(27)28)18-20-7-11-22(12-8-20)26-13-15-29-16-14-26/h5-12H,4,13-18H2,1-3H3,(H,27,28). The smallest absolute Gasteiger partial charge is 0.335 e. The third-order valence-corrected chi connectivity index (χ3v) is 6.19. The number of morpholine rings is 1. The van der Waals surface area contributed by atoms with Crippen LogP contribution in [0.5, 0.6) is 0 Å². The first kappa shape index (κ1) is 21.3. The monoisotopic (exact) mass is 396 g/mol. The van der Waals surface area contributed by atoms with Crippen molar-refractivity contribution in [3.63, 3.8) is 0 Å². The van der Waals surface area contributed by atoms with Crippen LogP contribution in [-0.4, -0.2) is 61.9 Å². The van der Waals surface area contributed by atoms with Crippen LogP contribution in [0.25, 0.3) is 0 Å². The van der Waals surface area contributed by atoms with E-state index in [1.54, 1.807) is 12.1 Å². The van der Waals surface area contributed by atoms with E-state index in [1.807, 2.05) is 12.1 Å². The van der Waals surface area contributed by atoms with E-state index in [1.165, 1.54) is 11.3 Å². The summed E-state index contributed by atoms with van der Waals surface area (Å²) in [7, 11) is 4.27. The summed E-state index contributed by atoms with van der Waals surface area (Å²) < 4.78 is 5.45. The second kappa shape index (κ2) is 9.42. The largest absolute Gasteiger partial charge is 0.478 e. The van der Waals surface area contributed by atoms with Crippen LogP contribution in [-0.2, 0) is 17.6 Å². The highest BCUT2D eigenvalue weighted by atomic mass is 16.5. The van der Waals surface area contributed by atoms with Crippen LogP contribution in [0, 0.1) is 0 Å². The number of aromatic carboxylic acids is 1. The van der Waals surface area contributed by atoms with Gasteiger partial charge in [0.05, 0.1) is 18.8 Å². The minimum atomic E-state index is -0.883. The molecule has 0 aliphatic carbocycles. The zero-order valence-electron chi connectivity index (χ0n) is 17.7. The summed E-state index contributed by atoms with van der Waals surface area (Å²) in [6.07, 6.45) is 2.83. The van der Waals surface area contributed by atoms with Gasteiger partial charge in [-0.3, -0.25) is 0 Å². The Hall–Kier alpha value is -2.37. The first-order chi connectivity index (χ1) is 13.9. The number of carbonyl (C=O) groups is 1. The number of likely N-dealkylation sites (N-methyl/N-ethyl adjacent to an activating group) is 1. The highest BCUT2D eigenvalue weighted by Crippen LogP contribution is 2.29. The summed E-state index contributed by atoms with van der Waals surface area (Å²) >= 11 is 0. The maximum Gasteiger partial charge on any atom is 0.335 e. The van der Waals surface area contributed by atoms with E-state index in [9.17, 15) is 4.79 Å². The fourth-order valence-electron chi connectivity index (χ4n) is 4.12. The van der Waals surface area contributed by atoms with Gasteiger partial charge in [0.2, 0.25) is 0 Å². The Bertz CT molecular complexity index is 796. The molecular formula is C24H32N2O3. The van der Waals surface area contributed by atoms with E-state index in [4.69, 9.17) is 9.84 Å². The van der Waals surface area contributed by atoms with Crippen LogP contribution in [0.4, 0.5) is 5.69 Å². The number of nitrogens with zero attached hydrogens (tertiary/aromatic N) is 2. The number of hydrogen-bond donors (Lipinski definition) is 1. The molecule has 1 heterocycles. The molecule has 1 saturated heterocycles. The Kier molecular flexibility index (Phi) is 6.93. The average molecular weight is 397 g/mol. The summed E-state index contributed by atoms with van der Waals surface area (Å²) in [4.78, 5) is 15.8. The lowest BCUT2D eigenvalue weighted by Gasteiger charge is -2.40. The maximum absolute atomic E-state index is 11.1. The molecule has 156 valence electrons. The van der Waals surface area contributed by atoms with Gasteiger partial charge in [-0.15, -0.1) is 0 Å². The van der Waals surface area contributed by atoms with Gasteiger partial charge in [0.15, 0.2) is 0 Å². The lowest BCUT2D eigenvalue weighted by atomic mass is 9.81. The molecule has 1 N–H and O–H groups in total. The Morgan fingerprint density at radius 2 is 1.52 bits per heavy atom. The molecule has 2 aromatic carbocycles. The number of benzene rings is 2. The normalized spacial score (nSPS) is 16.6. The first-order valence-electron chi connectivity index (χ1n) is 10.3. The van der Waals surface area contributed by atoms with Crippen molar-refractivity contribution in [2.45, 2.75) is 31.7 Å². The number of hydrogen-bond acceptors (Lipinski definition) is 4. The molecule has 2 aromatic rings. The highest BCUT2D eigenvalue weighted by Gasteiger charge is 2.31. The number of ether oxygens (including phenoxy) is 1. The third kappa shape index (κ3) is 5.17. The molecule has 1 fully saturated rings. The molecule has 0 spiro atoms. The van der Waals surface area contributed by atoms with Crippen molar-refractivity contribution in [1.82, 2.24) is 4.90 Å². The maximum atomic E-state index is 11.1. The van der Waals surface area contributed by atoms with Gasteiger partial charge in [0, 0.05) is 24.3 Å². The second-order valence-electron chi connectivity index (χ2n) is 8.09. The molecular weight excluding hydrogens is 364 g/mol. The van der Waals surface area contributed by atoms with Crippen LogP contribution in [0.15, 0.2) is 48.5 Å². The van der Waals surface area contributed by atoms with E-state index >= 15 is 0 Å². The van der Waals surface area contributed by atoms with Gasteiger partial charge < -0.3 is 19.6 Å². The van der Waals surface area contributed by atoms with Gasteiger partial charge in [-0.05, 0) is 68.8 Å². The lowest BCUT2D eigenvalue weighted by molar-refractivity contribution is 0.0697. The number of carboxylic acids is 1. The Morgan fingerprint density at radius 3 is 1.97 bits per heavy atom. The van der Waals surface area contributed by atoms with E-state index in [-0.39, 0.29) is 5.54 Å². The zero-order valence-corrected chi connectivity index (χ0v) is 17.7. The first-order valence-corrected chi connectivity index (χ1v) is 10.3. The van der Waals surface area contributed by atoms with Crippen molar-refractivity contribution in [2.24, 2.45) is 0 Å². The van der Waals surface area contributed by atoms with Gasteiger partial charge in [-0.2, -0.15) is 0 Å². The summed E-state index contributed by atoms with van der Waals surface area (Å²) in [5.41, 5.74) is 4.05. The number of anilines is 1.